The minimum atomic E-state index is -3.64. The number of benzene rings is 2. The summed E-state index contributed by atoms with van der Waals surface area (Å²) >= 11 is 0. The molecule has 194 valence electrons. The number of para-hydroxylation sites is 1. The fourth-order valence-electron chi connectivity index (χ4n) is 5.70. The molecule has 2 aliphatic rings. The minimum absolute atomic E-state index is 0.110. The SMILES string of the molecule is CC(C)OC1(CNc2ccc3cc(S(=O)(=O)N4CCCn5c(cc6ccccc65)C4)ccc3n2)CCC1. The number of aryl methyl sites for hydroxylation is 1. The quantitative estimate of drug-likeness (QED) is 0.347. The second kappa shape index (κ2) is 9.42. The summed E-state index contributed by atoms with van der Waals surface area (Å²) in [4.78, 5) is 5.05. The van der Waals surface area contributed by atoms with Crippen molar-refractivity contribution in [2.24, 2.45) is 0 Å². The molecule has 3 heterocycles. The van der Waals surface area contributed by atoms with E-state index < -0.39 is 10.0 Å². The van der Waals surface area contributed by atoms with Crippen LogP contribution >= 0.6 is 0 Å². The number of rotatable bonds is 7. The third-order valence-electron chi connectivity index (χ3n) is 7.66. The van der Waals surface area contributed by atoms with Crippen molar-refractivity contribution in [1.29, 1.82) is 0 Å². The van der Waals surface area contributed by atoms with E-state index in [-0.39, 0.29) is 11.7 Å². The molecule has 2 aromatic heterocycles. The average molecular weight is 519 g/mol. The standard InChI is InChI=1S/C29H34N4O3S/c1-21(2)36-29(13-5-14-29)20-30-28-12-9-22-18-25(10-11-26(22)31-28)37(34,35)32-15-6-16-33-24(19-32)17-23-7-3-4-8-27(23)33/h3-4,7-12,17-18,21H,5-6,13-16,19-20H2,1-2H3,(H,30,31). The Morgan fingerprint density at radius 1 is 1.00 bits per heavy atom. The summed E-state index contributed by atoms with van der Waals surface area (Å²) < 4.78 is 37.4. The number of anilines is 1. The summed E-state index contributed by atoms with van der Waals surface area (Å²) in [6.07, 6.45) is 4.28. The Balaban J connectivity index is 1.22. The predicted molar refractivity (Wildman–Crippen MR) is 147 cm³/mol. The summed E-state index contributed by atoms with van der Waals surface area (Å²) in [5, 5.41) is 5.41. The lowest BCUT2D eigenvalue weighted by molar-refractivity contribution is -0.118. The van der Waals surface area contributed by atoms with Gasteiger partial charge in [-0.3, -0.25) is 0 Å². The van der Waals surface area contributed by atoms with Crippen LogP contribution in [0.4, 0.5) is 5.82 Å². The van der Waals surface area contributed by atoms with Gasteiger partial charge >= 0.3 is 0 Å². The summed E-state index contributed by atoms with van der Waals surface area (Å²) in [6.45, 7) is 6.56. The van der Waals surface area contributed by atoms with E-state index in [1.807, 2.05) is 30.3 Å². The summed E-state index contributed by atoms with van der Waals surface area (Å²) in [5.74, 6) is 0.780. The minimum Gasteiger partial charge on any atom is -0.371 e. The first-order chi connectivity index (χ1) is 17.8. The smallest absolute Gasteiger partial charge is 0.243 e. The van der Waals surface area contributed by atoms with Crippen LogP contribution in [0.1, 0.15) is 45.2 Å². The van der Waals surface area contributed by atoms with Gasteiger partial charge in [-0.25, -0.2) is 13.4 Å². The Morgan fingerprint density at radius 2 is 1.84 bits per heavy atom. The third-order valence-corrected chi connectivity index (χ3v) is 9.51. The lowest BCUT2D eigenvalue weighted by atomic mass is 9.79. The first kappa shape index (κ1) is 24.4. The van der Waals surface area contributed by atoms with Crippen LogP contribution in [0.2, 0.25) is 0 Å². The first-order valence-electron chi connectivity index (χ1n) is 13.2. The van der Waals surface area contributed by atoms with Crippen molar-refractivity contribution >= 4 is 37.6 Å². The zero-order valence-corrected chi connectivity index (χ0v) is 22.3. The maximum Gasteiger partial charge on any atom is 0.243 e. The Kier molecular flexibility index (Phi) is 6.21. The summed E-state index contributed by atoms with van der Waals surface area (Å²) in [7, 11) is -3.64. The van der Waals surface area contributed by atoms with E-state index in [0.29, 0.717) is 18.0 Å². The molecule has 0 bridgehead atoms. The van der Waals surface area contributed by atoms with E-state index in [0.717, 1.165) is 65.7 Å². The van der Waals surface area contributed by atoms with Gasteiger partial charge in [-0.1, -0.05) is 18.2 Å². The van der Waals surface area contributed by atoms with Crippen LogP contribution in [0.3, 0.4) is 0 Å². The summed E-state index contributed by atoms with van der Waals surface area (Å²) in [6, 6.07) is 19.5. The highest BCUT2D eigenvalue weighted by Crippen LogP contribution is 2.37. The average Bonchev–Trinajstić information content (AvgIpc) is 3.06. The molecule has 37 heavy (non-hydrogen) atoms. The molecule has 0 spiro atoms. The van der Waals surface area contributed by atoms with E-state index in [1.165, 1.54) is 6.42 Å². The number of hydrogen-bond donors (Lipinski definition) is 1. The normalized spacial score (nSPS) is 18.0. The number of hydrogen-bond acceptors (Lipinski definition) is 5. The molecule has 0 atom stereocenters. The van der Waals surface area contributed by atoms with Crippen LogP contribution in [0.25, 0.3) is 21.8 Å². The molecule has 1 aliphatic heterocycles. The van der Waals surface area contributed by atoms with Gasteiger partial charge in [-0.15, -0.1) is 0 Å². The van der Waals surface area contributed by atoms with E-state index in [9.17, 15) is 8.42 Å². The van der Waals surface area contributed by atoms with Gasteiger partial charge < -0.3 is 14.6 Å². The van der Waals surface area contributed by atoms with Gasteiger partial charge in [0.05, 0.1) is 28.7 Å². The van der Waals surface area contributed by atoms with Gasteiger partial charge in [0.2, 0.25) is 10.0 Å². The van der Waals surface area contributed by atoms with Crippen molar-refractivity contribution in [2.45, 2.75) is 69.2 Å². The van der Waals surface area contributed by atoms with Gasteiger partial charge in [0.25, 0.3) is 0 Å². The van der Waals surface area contributed by atoms with Crippen LogP contribution in [0.5, 0.6) is 0 Å². The van der Waals surface area contributed by atoms with E-state index in [2.05, 4.69) is 41.9 Å². The number of nitrogens with one attached hydrogen (secondary N) is 1. The Labute approximate surface area is 218 Å². The highest BCUT2D eigenvalue weighted by molar-refractivity contribution is 7.89. The van der Waals surface area contributed by atoms with E-state index in [1.54, 1.807) is 16.4 Å². The molecule has 0 unspecified atom stereocenters. The van der Waals surface area contributed by atoms with Crippen molar-refractivity contribution < 1.29 is 13.2 Å². The van der Waals surface area contributed by atoms with Gasteiger partial charge in [-0.05, 0) is 87.4 Å². The molecule has 6 rings (SSSR count). The number of sulfonamides is 1. The third kappa shape index (κ3) is 4.62. The maximum atomic E-state index is 13.7. The number of nitrogens with zero attached hydrogens (tertiary/aromatic N) is 3. The molecular formula is C29H34N4O3S. The Morgan fingerprint density at radius 3 is 2.62 bits per heavy atom. The Bertz CT molecular complexity index is 1560. The van der Waals surface area contributed by atoms with Gasteiger partial charge in [0, 0.05) is 36.2 Å². The fourth-order valence-corrected chi connectivity index (χ4v) is 7.19. The fraction of sp³-hybridized carbons (Fsp3) is 0.414. The van der Waals surface area contributed by atoms with Gasteiger partial charge in [0.1, 0.15) is 5.82 Å². The molecule has 0 radical (unpaired) electrons. The van der Waals surface area contributed by atoms with Crippen LogP contribution in [0.15, 0.2) is 65.6 Å². The molecule has 8 heteroatoms. The second-order valence-corrected chi connectivity index (χ2v) is 12.6. The zero-order valence-electron chi connectivity index (χ0n) is 21.5. The molecule has 7 nitrogen and oxygen atoms in total. The lowest BCUT2D eigenvalue weighted by Crippen LogP contribution is -2.47. The van der Waals surface area contributed by atoms with Gasteiger partial charge in [0.15, 0.2) is 0 Å². The van der Waals surface area contributed by atoms with Crippen molar-refractivity contribution in [1.82, 2.24) is 13.9 Å². The molecule has 0 amide bonds. The van der Waals surface area contributed by atoms with Crippen molar-refractivity contribution in [3.63, 3.8) is 0 Å². The number of fused-ring (bicyclic) bond motifs is 4. The highest BCUT2D eigenvalue weighted by atomic mass is 32.2. The van der Waals surface area contributed by atoms with Crippen molar-refractivity contribution in [3.8, 4) is 0 Å². The first-order valence-corrected chi connectivity index (χ1v) is 14.7. The summed E-state index contributed by atoms with van der Waals surface area (Å²) in [5.41, 5.74) is 2.86. The molecule has 1 N–H and O–H groups in total. The van der Waals surface area contributed by atoms with Crippen molar-refractivity contribution in [3.05, 3.63) is 66.4 Å². The zero-order chi connectivity index (χ0) is 25.6. The topological polar surface area (TPSA) is 76.5 Å². The molecular weight excluding hydrogens is 484 g/mol. The lowest BCUT2D eigenvalue weighted by Gasteiger charge is -2.43. The van der Waals surface area contributed by atoms with E-state index in [4.69, 9.17) is 9.72 Å². The monoisotopic (exact) mass is 518 g/mol. The number of pyridine rings is 1. The van der Waals surface area contributed by atoms with Crippen LogP contribution in [-0.4, -0.2) is 47.1 Å². The predicted octanol–water partition coefficient (Wildman–Crippen LogP) is 5.54. The van der Waals surface area contributed by atoms with E-state index >= 15 is 0 Å². The Hall–Kier alpha value is -2.94. The second-order valence-electron chi connectivity index (χ2n) is 10.6. The molecule has 2 aromatic carbocycles. The molecule has 1 fully saturated rings. The molecule has 4 aromatic rings. The van der Waals surface area contributed by atoms with Crippen LogP contribution in [-0.2, 0) is 27.8 Å². The van der Waals surface area contributed by atoms with Crippen LogP contribution in [0, 0.1) is 0 Å². The van der Waals surface area contributed by atoms with Gasteiger partial charge in [-0.2, -0.15) is 4.31 Å². The largest absolute Gasteiger partial charge is 0.371 e. The molecule has 0 saturated heterocycles. The maximum absolute atomic E-state index is 13.7. The molecule has 1 saturated carbocycles. The molecule has 1 aliphatic carbocycles. The van der Waals surface area contributed by atoms with Crippen molar-refractivity contribution in [2.75, 3.05) is 18.4 Å². The highest BCUT2D eigenvalue weighted by Gasteiger charge is 2.38. The van der Waals surface area contributed by atoms with Crippen LogP contribution < -0.4 is 5.32 Å². The number of aromatic nitrogens is 2. The number of ether oxygens (including phenoxy) is 1.